The second kappa shape index (κ2) is 5.18. The maximum atomic E-state index is 11.6. The van der Waals surface area contributed by atoms with Crippen LogP contribution < -0.4 is 0 Å². The van der Waals surface area contributed by atoms with Crippen LogP contribution in [0, 0.1) is 6.92 Å². The molecule has 0 aliphatic heterocycles. The zero-order valence-electron chi connectivity index (χ0n) is 11.2. The summed E-state index contributed by atoms with van der Waals surface area (Å²) in [6, 6.07) is 14.4. The molecule has 0 aromatic heterocycles. The summed E-state index contributed by atoms with van der Waals surface area (Å²) in [6.45, 7) is 5.78. The van der Waals surface area contributed by atoms with Crippen molar-refractivity contribution >= 4 is 5.78 Å². The zero-order chi connectivity index (χ0) is 13.1. The Morgan fingerprint density at radius 3 is 2.33 bits per heavy atom. The monoisotopic (exact) mass is 238 g/mol. The predicted molar refractivity (Wildman–Crippen MR) is 76.0 cm³/mol. The number of hydrogen-bond donors (Lipinski definition) is 0. The molecule has 1 heteroatoms. The maximum Gasteiger partial charge on any atom is 0.160 e. The van der Waals surface area contributed by atoms with Gasteiger partial charge in [0.15, 0.2) is 5.78 Å². The third kappa shape index (κ3) is 2.35. The third-order valence-corrected chi connectivity index (χ3v) is 3.30. The van der Waals surface area contributed by atoms with Crippen LogP contribution >= 0.6 is 0 Å². The van der Waals surface area contributed by atoms with Crippen LogP contribution in [0.25, 0.3) is 11.1 Å². The molecule has 92 valence electrons. The van der Waals surface area contributed by atoms with Crippen LogP contribution in [0.5, 0.6) is 0 Å². The number of rotatable bonds is 3. The van der Waals surface area contributed by atoms with E-state index in [4.69, 9.17) is 0 Å². The van der Waals surface area contributed by atoms with Gasteiger partial charge in [0.25, 0.3) is 0 Å². The molecule has 0 aliphatic carbocycles. The Hall–Kier alpha value is -1.89. The van der Waals surface area contributed by atoms with Gasteiger partial charge in [0, 0.05) is 5.56 Å². The first-order valence-electron chi connectivity index (χ1n) is 6.33. The highest BCUT2D eigenvalue weighted by atomic mass is 16.1. The second-order valence-corrected chi connectivity index (χ2v) is 4.60. The van der Waals surface area contributed by atoms with Crippen molar-refractivity contribution in [1.29, 1.82) is 0 Å². The van der Waals surface area contributed by atoms with Gasteiger partial charge in [-0.05, 0) is 48.6 Å². The molecule has 0 radical (unpaired) electrons. The van der Waals surface area contributed by atoms with Crippen molar-refractivity contribution < 1.29 is 4.79 Å². The summed E-state index contributed by atoms with van der Waals surface area (Å²) in [4.78, 5) is 11.6. The first kappa shape index (κ1) is 12.6. The highest BCUT2D eigenvalue weighted by Gasteiger charge is 2.10. The average molecular weight is 238 g/mol. The molecule has 0 amide bonds. The summed E-state index contributed by atoms with van der Waals surface area (Å²) in [5.74, 6) is 0.132. The van der Waals surface area contributed by atoms with Gasteiger partial charge in [0.05, 0.1) is 0 Å². The molecule has 0 saturated heterocycles. The lowest BCUT2D eigenvalue weighted by molar-refractivity contribution is 0.101. The van der Waals surface area contributed by atoms with E-state index in [0.29, 0.717) is 0 Å². The van der Waals surface area contributed by atoms with Crippen LogP contribution in [-0.2, 0) is 6.42 Å². The highest BCUT2D eigenvalue weighted by molar-refractivity contribution is 5.97. The second-order valence-electron chi connectivity index (χ2n) is 4.60. The first-order chi connectivity index (χ1) is 8.63. The van der Waals surface area contributed by atoms with Crippen molar-refractivity contribution in [2.45, 2.75) is 27.2 Å². The number of Topliss-reactive ketones (excluding diaryl/α,β-unsaturated/α-hetero) is 1. The van der Waals surface area contributed by atoms with Crippen molar-refractivity contribution in [3.63, 3.8) is 0 Å². The van der Waals surface area contributed by atoms with Crippen molar-refractivity contribution in [2.24, 2.45) is 0 Å². The predicted octanol–water partition coefficient (Wildman–Crippen LogP) is 4.43. The van der Waals surface area contributed by atoms with Gasteiger partial charge in [-0.2, -0.15) is 0 Å². The van der Waals surface area contributed by atoms with Crippen molar-refractivity contribution in [3.8, 4) is 11.1 Å². The van der Waals surface area contributed by atoms with Gasteiger partial charge in [-0.25, -0.2) is 0 Å². The minimum absolute atomic E-state index is 0.132. The molecule has 0 unspecified atom stereocenters. The van der Waals surface area contributed by atoms with Crippen molar-refractivity contribution in [2.75, 3.05) is 0 Å². The lowest BCUT2D eigenvalue weighted by Crippen LogP contribution is -1.99. The summed E-state index contributed by atoms with van der Waals surface area (Å²) < 4.78 is 0. The average Bonchev–Trinajstić information content (AvgIpc) is 2.39. The molecule has 18 heavy (non-hydrogen) atoms. The Morgan fingerprint density at radius 1 is 1.11 bits per heavy atom. The molecule has 0 aliphatic rings. The van der Waals surface area contributed by atoms with Gasteiger partial charge in [-0.3, -0.25) is 4.79 Å². The Balaban J connectivity index is 2.65. The Morgan fingerprint density at radius 2 is 1.78 bits per heavy atom. The fraction of sp³-hybridized carbons (Fsp3) is 0.235. The molecule has 0 fully saturated rings. The Bertz CT molecular complexity index is 568. The zero-order valence-corrected chi connectivity index (χ0v) is 11.2. The summed E-state index contributed by atoms with van der Waals surface area (Å²) >= 11 is 0. The van der Waals surface area contributed by atoms with E-state index in [9.17, 15) is 4.79 Å². The molecule has 0 atom stereocenters. The quantitative estimate of drug-likeness (QED) is 0.723. The molecule has 2 aromatic rings. The smallest absolute Gasteiger partial charge is 0.160 e. The lowest BCUT2D eigenvalue weighted by Gasteiger charge is -2.12. The van der Waals surface area contributed by atoms with Crippen LogP contribution in [-0.4, -0.2) is 5.78 Å². The van der Waals surface area contributed by atoms with Crippen LogP contribution in [0.15, 0.2) is 42.5 Å². The van der Waals surface area contributed by atoms with Crippen LogP contribution in [0.1, 0.15) is 35.3 Å². The molecular weight excluding hydrogens is 220 g/mol. The first-order valence-corrected chi connectivity index (χ1v) is 6.33. The number of ketones is 1. The van der Waals surface area contributed by atoms with E-state index in [-0.39, 0.29) is 5.78 Å². The van der Waals surface area contributed by atoms with Gasteiger partial charge in [0.1, 0.15) is 0 Å². The van der Waals surface area contributed by atoms with E-state index in [2.05, 4.69) is 25.1 Å². The highest BCUT2D eigenvalue weighted by Crippen LogP contribution is 2.27. The molecule has 2 aromatic carbocycles. The number of carbonyl (C=O) groups excluding carboxylic acids is 1. The Labute approximate surface area is 108 Å². The summed E-state index contributed by atoms with van der Waals surface area (Å²) in [5, 5.41) is 0. The van der Waals surface area contributed by atoms with Crippen LogP contribution in [0.4, 0.5) is 0 Å². The van der Waals surface area contributed by atoms with E-state index < -0.39 is 0 Å². The molecule has 2 rings (SSSR count). The molecule has 0 N–H and O–H groups in total. The van der Waals surface area contributed by atoms with Crippen molar-refractivity contribution in [1.82, 2.24) is 0 Å². The maximum absolute atomic E-state index is 11.6. The van der Waals surface area contributed by atoms with Crippen molar-refractivity contribution in [3.05, 3.63) is 59.2 Å². The topological polar surface area (TPSA) is 17.1 Å². The van der Waals surface area contributed by atoms with E-state index >= 15 is 0 Å². The van der Waals surface area contributed by atoms with E-state index in [1.165, 1.54) is 16.7 Å². The summed E-state index contributed by atoms with van der Waals surface area (Å²) in [7, 11) is 0. The minimum atomic E-state index is 0.132. The van der Waals surface area contributed by atoms with Crippen LogP contribution in [0.3, 0.4) is 0 Å². The molecule has 0 heterocycles. The fourth-order valence-corrected chi connectivity index (χ4v) is 2.33. The number of benzene rings is 2. The SMILES string of the molecule is CCc1cc(C)c(C(C)=O)cc1-c1ccccc1. The fourth-order valence-electron chi connectivity index (χ4n) is 2.33. The molecule has 0 spiro atoms. The van der Waals surface area contributed by atoms with E-state index in [1.807, 2.05) is 31.2 Å². The van der Waals surface area contributed by atoms with Gasteiger partial charge in [0.2, 0.25) is 0 Å². The third-order valence-electron chi connectivity index (χ3n) is 3.30. The van der Waals surface area contributed by atoms with Gasteiger partial charge < -0.3 is 0 Å². The minimum Gasteiger partial charge on any atom is -0.295 e. The molecule has 1 nitrogen and oxygen atoms in total. The molecular formula is C17H18O. The number of carbonyl (C=O) groups is 1. The van der Waals surface area contributed by atoms with Gasteiger partial charge in [-0.1, -0.05) is 43.3 Å². The summed E-state index contributed by atoms with van der Waals surface area (Å²) in [6.07, 6.45) is 0.975. The number of hydrogen-bond acceptors (Lipinski definition) is 1. The van der Waals surface area contributed by atoms with Gasteiger partial charge in [-0.15, -0.1) is 0 Å². The largest absolute Gasteiger partial charge is 0.295 e. The lowest BCUT2D eigenvalue weighted by atomic mass is 9.92. The number of aryl methyl sites for hydroxylation is 2. The van der Waals surface area contributed by atoms with E-state index in [0.717, 1.165) is 17.5 Å². The standard InChI is InChI=1S/C17H18O/c1-4-14-10-12(2)16(13(3)18)11-17(14)15-8-6-5-7-9-15/h5-11H,4H2,1-3H3. The van der Waals surface area contributed by atoms with Crippen LogP contribution in [0.2, 0.25) is 0 Å². The molecule has 0 saturated carbocycles. The molecule has 0 bridgehead atoms. The summed E-state index contributed by atoms with van der Waals surface area (Å²) in [5.41, 5.74) is 5.54. The Kier molecular flexibility index (Phi) is 3.61. The normalized spacial score (nSPS) is 10.4. The van der Waals surface area contributed by atoms with E-state index in [1.54, 1.807) is 6.92 Å². The van der Waals surface area contributed by atoms with Gasteiger partial charge >= 0.3 is 0 Å².